The third-order valence-electron chi connectivity index (χ3n) is 4.71. The van der Waals surface area contributed by atoms with Gasteiger partial charge in [0.25, 0.3) is 0 Å². The molecule has 0 amide bonds. The summed E-state index contributed by atoms with van der Waals surface area (Å²) in [6.45, 7) is 1.07. The number of rotatable bonds is 3. The summed E-state index contributed by atoms with van der Waals surface area (Å²) in [4.78, 5) is 0. The fourth-order valence-electron chi connectivity index (χ4n) is 3.48. The number of aliphatic hydroxyl groups excluding tert-OH is 1. The first kappa shape index (κ1) is 13.8. The summed E-state index contributed by atoms with van der Waals surface area (Å²) in [5, 5.41) is 16.3. The Morgan fingerprint density at radius 1 is 1.09 bits per heavy atom. The Labute approximate surface area is 129 Å². The highest BCUT2D eigenvalue weighted by molar-refractivity contribution is 6.04. The largest absolute Gasteiger partial charge is 0.456 e. The Bertz CT molecular complexity index is 786. The van der Waals surface area contributed by atoms with Crippen molar-refractivity contribution in [2.24, 2.45) is 0 Å². The van der Waals surface area contributed by atoms with Gasteiger partial charge in [0.15, 0.2) is 0 Å². The lowest BCUT2D eigenvalue weighted by molar-refractivity contribution is 0.144. The van der Waals surface area contributed by atoms with E-state index in [4.69, 9.17) is 4.42 Å². The summed E-state index contributed by atoms with van der Waals surface area (Å²) < 4.78 is 5.91. The number of hydrogen-bond acceptors (Lipinski definition) is 3. The van der Waals surface area contributed by atoms with Crippen molar-refractivity contribution in [1.82, 2.24) is 5.32 Å². The molecule has 0 radical (unpaired) electrons. The molecule has 2 N–H and O–H groups in total. The quantitative estimate of drug-likeness (QED) is 0.763. The van der Waals surface area contributed by atoms with Gasteiger partial charge in [-0.3, -0.25) is 0 Å². The van der Waals surface area contributed by atoms with Crippen LogP contribution in [-0.2, 0) is 0 Å². The molecule has 1 fully saturated rings. The Kier molecular flexibility index (Phi) is 3.60. The molecule has 114 valence electrons. The average molecular weight is 295 g/mol. The van der Waals surface area contributed by atoms with Crippen LogP contribution in [0, 0.1) is 0 Å². The fourth-order valence-corrected chi connectivity index (χ4v) is 3.48. The van der Waals surface area contributed by atoms with Gasteiger partial charge in [-0.2, -0.15) is 0 Å². The molecule has 1 aliphatic heterocycles. The number of fused-ring (bicyclic) bond motifs is 3. The minimum absolute atomic E-state index is 0.426. The number of piperidine rings is 1. The second-order valence-electron chi connectivity index (χ2n) is 6.25. The summed E-state index contributed by atoms with van der Waals surface area (Å²) in [6, 6.07) is 14.6. The highest BCUT2D eigenvalue weighted by Crippen LogP contribution is 2.31. The molecular formula is C19H21NO2. The summed E-state index contributed by atoms with van der Waals surface area (Å²) in [7, 11) is 0. The number of para-hydroxylation sites is 1. The van der Waals surface area contributed by atoms with Gasteiger partial charge in [0.2, 0.25) is 0 Å². The molecule has 1 aliphatic rings. The van der Waals surface area contributed by atoms with Crippen LogP contribution in [0.3, 0.4) is 0 Å². The first-order valence-electron chi connectivity index (χ1n) is 8.14. The van der Waals surface area contributed by atoms with E-state index in [9.17, 15) is 5.11 Å². The van der Waals surface area contributed by atoms with Crippen molar-refractivity contribution in [2.75, 3.05) is 6.54 Å². The third-order valence-corrected chi connectivity index (χ3v) is 4.71. The molecule has 3 nitrogen and oxygen atoms in total. The van der Waals surface area contributed by atoms with Gasteiger partial charge in [-0.15, -0.1) is 0 Å². The SMILES string of the molecule is OC(CC1CCCCN1)c1ccc2c(c1)oc1ccccc12. The summed E-state index contributed by atoms with van der Waals surface area (Å²) >= 11 is 0. The maximum atomic E-state index is 10.5. The molecule has 0 aliphatic carbocycles. The molecule has 3 heteroatoms. The van der Waals surface area contributed by atoms with Crippen molar-refractivity contribution in [3.8, 4) is 0 Å². The second kappa shape index (κ2) is 5.75. The molecule has 1 saturated heterocycles. The van der Waals surface area contributed by atoms with Crippen molar-refractivity contribution >= 4 is 21.9 Å². The lowest BCUT2D eigenvalue weighted by atomic mass is 9.95. The van der Waals surface area contributed by atoms with E-state index in [0.717, 1.165) is 46.9 Å². The van der Waals surface area contributed by atoms with Crippen molar-refractivity contribution in [3.05, 3.63) is 48.0 Å². The molecule has 2 atom stereocenters. The molecule has 2 unspecified atom stereocenters. The molecule has 1 aromatic heterocycles. The minimum Gasteiger partial charge on any atom is -0.456 e. The summed E-state index contributed by atoms with van der Waals surface area (Å²) in [5.74, 6) is 0. The third kappa shape index (κ3) is 2.51. The monoisotopic (exact) mass is 295 g/mol. The van der Waals surface area contributed by atoms with Crippen LogP contribution >= 0.6 is 0 Å². The van der Waals surface area contributed by atoms with Gasteiger partial charge in [0, 0.05) is 16.8 Å². The Morgan fingerprint density at radius 3 is 2.82 bits per heavy atom. The van der Waals surface area contributed by atoms with E-state index in [1.54, 1.807) is 0 Å². The van der Waals surface area contributed by atoms with Crippen LogP contribution in [-0.4, -0.2) is 17.7 Å². The van der Waals surface area contributed by atoms with Crippen LogP contribution in [0.5, 0.6) is 0 Å². The Morgan fingerprint density at radius 2 is 1.95 bits per heavy atom. The topological polar surface area (TPSA) is 45.4 Å². The molecule has 4 rings (SSSR count). The van der Waals surface area contributed by atoms with Crippen LogP contribution in [0.15, 0.2) is 46.9 Å². The van der Waals surface area contributed by atoms with Crippen LogP contribution in [0.25, 0.3) is 21.9 Å². The van der Waals surface area contributed by atoms with Crippen LogP contribution < -0.4 is 5.32 Å². The molecule has 0 bridgehead atoms. The van der Waals surface area contributed by atoms with Gasteiger partial charge in [0.1, 0.15) is 11.2 Å². The van der Waals surface area contributed by atoms with Crippen LogP contribution in [0.4, 0.5) is 0 Å². The van der Waals surface area contributed by atoms with Crippen LogP contribution in [0.2, 0.25) is 0 Å². The number of nitrogens with one attached hydrogen (secondary N) is 1. The van der Waals surface area contributed by atoms with Gasteiger partial charge < -0.3 is 14.8 Å². The molecular weight excluding hydrogens is 274 g/mol. The lowest BCUT2D eigenvalue weighted by Crippen LogP contribution is -2.35. The number of aliphatic hydroxyl groups is 1. The average Bonchev–Trinajstić information content (AvgIpc) is 2.93. The highest BCUT2D eigenvalue weighted by atomic mass is 16.3. The smallest absolute Gasteiger partial charge is 0.135 e. The zero-order valence-electron chi connectivity index (χ0n) is 12.6. The summed E-state index contributed by atoms with van der Waals surface area (Å²) in [5.41, 5.74) is 2.70. The van der Waals surface area contributed by atoms with E-state index in [-0.39, 0.29) is 0 Å². The Hall–Kier alpha value is -1.84. The molecule has 2 heterocycles. The van der Waals surface area contributed by atoms with Gasteiger partial charge in [-0.1, -0.05) is 36.8 Å². The van der Waals surface area contributed by atoms with E-state index < -0.39 is 6.10 Å². The summed E-state index contributed by atoms with van der Waals surface area (Å²) in [6.07, 6.45) is 3.99. The van der Waals surface area contributed by atoms with Crippen molar-refractivity contribution in [3.63, 3.8) is 0 Å². The first-order valence-corrected chi connectivity index (χ1v) is 8.14. The predicted molar refractivity (Wildman–Crippen MR) is 88.9 cm³/mol. The minimum atomic E-state index is -0.437. The second-order valence-corrected chi connectivity index (χ2v) is 6.25. The van der Waals surface area contributed by atoms with E-state index in [0.29, 0.717) is 6.04 Å². The normalized spacial score (nSPS) is 20.5. The van der Waals surface area contributed by atoms with Gasteiger partial charge in [0.05, 0.1) is 6.10 Å². The van der Waals surface area contributed by atoms with Crippen molar-refractivity contribution in [2.45, 2.75) is 37.8 Å². The van der Waals surface area contributed by atoms with E-state index in [2.05, 4.69) is 17.4 Å². The fraction of sp³-hybridized carbons (Fsp3) is 0.368. The predicted octanol–water partition coefficient (Wildman–Crippen LogP) is 4.15. The molecule has 2 aromatic carbocycles. The molecule has 0 spiro atoms. The number of furan rings is 1. The van der Waals surface area contributed by atoms with Crippen molar-refractivity contribution < 1.29 is 9.52 Å². The lowest BCUT2D eigenvalue weighted by Gasteiger charge is -2.25. The maximum absolute atomic E-state index is 10.5. The van der Waals surface area contributed by atoms with E-state index in [1.165, 1.54) is 12.8 Å². The van der Waals surface area contributed by atoms with Gasteiger partial charge in [-0.05, 0) is 43.5 Å². The van der Waals surface area contributed by atoms with Gasteiger partial charge >= 0.3 is 0 Å². The van der Waals surface area contributed by atoms with E-state index >= 15 is 0 Å². The van der Waals surface area contributed by atoms with Crippen LogP contribution in [0.1, 0.15) is 37.4 Å². The van der Waals surface area contributed by atoms with Crippen molar-refractivity contribution in [1.29, 1.82) is 0 Å². The molecule has 0 saturated carbocycles. The maximum Gasteiger partial charge on any atom is 0.135 e. The Balaban J connectivity index is 1.62. The number of benzene rings is 2. The zero-order valence-corrected chi connectivity index (χ0v) is 12.6. The van der Waals surface area contributed by atoms with E-state index in [1.807, 2.05) is 30.3 Å². The first-order chi connectivity index (χ1) is 10.8. The number of hydrogen-bond donors (Lipinski definition) is 2. The standard InChI is InChI=1S/C19H21NO2/c21-17(12-14-5-3-4-10-20-14)13-8-9-16-15-6-1-2-7-18(15)22-19(16)11-13/h1-2,6-9,11,14,17,20-21H,3-5,10,12H2. The van der Waals surface area contributed by atoms with Gasteiger partial charge in [-0.25, -0.2) is 0 Å². The highest BCUT2D eigenvalue weighted by Gasteiger charge is 2.19. The molecule has 22 heavy (non-hydrogen) atoms. The molecule has 3 aromatic rings. The zero-order chi connectivity index (χ0) is 14.9.